The molecule has 2 nitrogen and oxygen atoms in total. The quantitative estimate of drug-likeness (QED) is 0.579. The minimum absolute atomic E-state index is 0.0918. The zero-order chi connectivity index (χ0) is 10.9. The van der Waals surface area contributed by atoms with Gasteiger partial charge in [0.2, 0.25) is 5.91 Å². The zero-order valence-electron chi connectivity index (χ0n) is 8.66. The number of unbranched alkanes of at least 4 members (excludes halogenated alkanes) is 2. The molecular weight excluding hydrogens is 206 g/mol. The number of thiophene rings is 1. The van der Waals surface area contributed by atoms with Crippen molar-refractivity contribution in [1.82, 2.24) is 5.32 Å². The molecule has 0 aliphatic rings. The molecule has 0 spiro atoms. The standard InChI is InChI=1S/C12H15NOS/c1-2-3-4-5-7-13-12(14)9-11-6-8-15-10-11/h1,6,8,10H,3-5,7,9H2,(H,13,14). The monoisotopic (exact) mass is 221 g/mol. The minimum atomic E-state index is 0.0918. The van der Waals surface area contributed by atoms with Gasteiger partial charge in [0.15, 0.2) is 0 Å². The van der Waals surface area contributed by atoms with Gasteiger partial charge >= 0.3 is 0 Å². The smallest absolute Gasteiger partial charge is 0.224 e. The van der Waals surface area contributed by atoms with E-state index in [2.05, 4.69) is 11.2 Å². The number of hydrogen-bond donors (Lipinski definition) is 1. The number of carbonyl (C=O) groups excluding carboxylic acids is 1. The first-order chi connectivity index (χ1) is 7.33. The average molecular weight is 221 g/mol. The summed E-state index contributed by atoms with van der Waals surface area (Å²) in [5.74, 6) is 2.67. The van der Waals surface area contributed by atoms with Crippen LogP contribution in [0.25, 0.3) is 0 Å². The first kappa shape index (κ1) is 11.8. The molecule has 0 fully saturated rings. The highest BCUT2D eigenvalue weighted by atomic mass is 32.1. The Hall–Kier alpha value is -1.27. The van der Waals surface area contributed by atoms with Gasteiger partial charge in [0.1, 0.15) is 0 Å². The van der Waals surface area contributed by atoms with Crippen molar-refractivity contribution in [2.75, 3.05) is 6.54 Å². The van der Waals surface area contributed by atoms with Crippen molar-refractivity contribution in [3.63, 3.8) is 0 Å². The second-order valence-corrected chi connectivity index (χ2v) is 4.10. The predicted molar refractivity (Wildman–Crippen MR) is 63.7 cm³/mol. The molecule has 3 heteroatoms. The molecule has 15 heavy (non-hydrogen) atoms. The molecule has 1 aromatic rings. The fraction of sp³-hybridized carbons (Fsp3) is 0.417. The van der Waals surface area contributed by atoms with E-state index in [1.165, 1.54) is 0 Å². The van der Waals surface area contributed by atoms with Crippen molar-refractivity contribution in [2.24, 2.45) is 0 Å². The van der Waals surface area contributed by atoms with Gasteiger partial charge in [-0.3, -0.25) is 4.79 Å². The van der Waals surface area contributed by atoms with Crippen LogP contribution >= 0.6 is 11.3 Å². The number of amides is 1. The second-order valence-electron chi connectivity index (χ2n) is 3.32. The summed E-state index contributed by atoms with van der Waals surface area (Å²) in [6.07, 6.45) is 8.34. The molecule has 1 N–H and O–H groups in total. The number of rotatable bonds is 6. The Morgan fingerprint density at radius 3 is 3.07 bits per heavy atom. The van der Waals surface area contributed by atoms with E-state index in [1.807, 2.05) is 16.8 Å². The van der Waals surface area contributed by atoms with Crippen molar-refractivity contribution >= 4 is 17.2 Å². The van der Waals surface area contributed by atoms with Crippen LogP contribution < -0.4 is 5.32 Å². The lowest BCUT2D eigenvalue weighted by atomic mass is 10.2. The Morgan fingerprint density at radius 2 is 2.40 bits per heavy atom. The van der Waals surface area contributed by atoms with E-state index in [4.69, 9.17) is 6.42 Å². The molecule has 1 rings (SSSR count). The van der Waals surface area contributed by atoms with Gasteiger partial charge in [-0.15, -0.1) is 12.3 Å². The lowest BCUT2D eigenvalue weighted by Crippen LogP contribution is -2.25. The van der Waals surface area contributed by atoms with Gasteiger partial charge in [-0.2, -0.15) is 11.3 Å². The molecule has 0 aliphatic heterocycles. The molecule has 80 valence electrons. The lowest BCUT2D eigenvalue weighted by Gasteiger charge is -2.02. The number of carbonyl (C=O) groups is 1. The molecule has 0 saturated heterocycles. The fourth-order valence-corrected chi connectivity index (χ4v) is 1.89. The van der Waals surface area contributed by atoms with E-state index in [0.29, 0.717) is 6.42 Å². The maximum Gasteiger partial charge on any atom is 0.224 e. The number of hydrogen-bond acceptors (Lipinski definition) is 2. The third-order valence-electron chi connectivity index (χ3n) is 2.01. The maximum atomic E-state index is 11.4. The third kappa shape index (κ3) is 5.24. The van der Waals surface area contributed by atoms with Crippen molar-refractivity contribution in [3.05, 3.63) is 22.4 Å². The highest BCUT2D eigenvalue weighted by Crippen LogP contribution is 2.06. The average Bonchev–Trinajstić information content (AvgIpc) is 2.70. The molecule has 0 unspecified atom stereocenters. The van der Waals surface area contributed by atoms with Crippen molar-refractivity contribution in [3.8, 4) is 12.3 Å². The van der Waals surface area contributed by atoms with Crippen LogP contribution in [-0.4, -0.2) is 12.5 Å². The minimum Gasteiger partial charge on any atom is -0.356 e. The van der Waals surface area contributed by atoms with Crippen LogP contribution in [0.5, 0.6) is 0 Å². The topological polar surface area (TPSA) is 29.1 Å². The highest BCUT2D eigenvalue weighted by Gasteiger charge is 2.02. The lowest BCUT2D eigenvalue weighted by molar-refractivity contribution is -0.120. The Balaban J connectivity index is 2.07. The third-order valence-corrected chi connectivity index (χ3v) is 2.75. The summed E-state index contributed by atoms with van der Waals surface area (Å²) in [4.78, 5) is 11.4. The van der Waals surface area contributed by atoms with Crippen molar-refractivity contribution in [2.45, 2.75) is 25.7 Å². The molecular formula is C12H15NOS. The largest absolute Gasteiger partial charge is 0.356 e. The van der Waals surface area contributed by atoms with Crippen LogP contribution in [0.1, 0.15) is 24.8 Å². The molecule has 1 heterocycles. The molecule has 0 atom stereocenters. The van der Waals surface area contributed by atoms with Crippen LogP contribution in [0.4, 0.5) is 0 Å². The van der Waals surface area contributed by atoms with E-state index in [1.54, 1.807) is 11.3 Å². The molecule has 0 bridgehead atoms. The van der Waals surface area contributed by atoms with Crippen LogP contribution in [-0.2, 0) is 11.2 Å². The second kappa shape index (κ2) is 7.08. The molecule has 0 radical (unpaired) electrons. The van der Waals surface area contributed by atoms with Crippen LogP contribution in [0.15, 0.2) is 16.8 Å². The van der Waals surface area contributed by atoms with Crippen molar-refractivity contribution in [1.29, 1.82) is 0 Å². The summed E-state index contributed by atoms with van der Waals surface area (Å²) in [7, 11) is 0. The Labute approximate surface area is 94.7 Å². The van der Waals surface area contributed by atoms with E-state index in [-0.39, 0.29) is 5.91 Å². The summed E-state index contributed by atoms with van der Waals surface area (Å²) >= 11 is 1.61. The summed E-state index contributed by atoms with van der Waals surface area (Å²) in [5.41, 5.74) is 1.08. The summed E-state index contributed by atoms with van der Waals surface area (Å²) in [5, 5.41) is 6.86. The van der Waals surface area contributed by atoms with Crippen molar-refractivity contribution < 1.29 is 4.79 Å². The van der Waals surface area contributed by atoms with Gasteiger partial charge in [-0.05, 0) is 35.2 Å². The van der Waals surface area contributed by atoms with Gasteiger partial charge in [0, 0.05) is 13.0 Å². The van der Waals surface area contributed by atoms with Gasteiger partial charge in [0.25, 0.3) is 0 Å². The first-order valence-corrected chi connectivity index (χ1v) is 5.98. The van der Waals surface area contributed by atoms with Crippen LogP contribution in [0, 0.1) is 12.3 Å². The normalized spacial score (nSPS) is 9.53. The number of terminal acetylenes is 1. The molecule has 0 aromatic carbocycles. The SMILES string of the molecule is C#CCCCCNC(=O)Cc1ccsc1. The first-order valence-electron chi connectivity index (χ1n) is 5.04. The van der Waals surface area contributed by atoms with Gasteiger partial charge < -0.3 is 5.32 Å². The molecule has 1 aromatic heterocycles. The van der Waals surface area contributed by atoms with Crippen LogP contribution in [0.2, 0.25) is 0 Å². The summed E-state index contributed by atoms with van der Waals surface area (Å²) < 4.78 is 0. The highest BCUT2D eigenvalue weighted by molar-refractivity contribution is 7.07. The predicted octanol–water partition coefficient (Wildman–Crippen LogP) is 2.21. The fourth-order valence-electron chi connectivity index (χ4n) is 1.22. The Kier molecular flexibility index (Phi) is 5.57. The maximum absolute atomic E-state index is 11.4. The number of nitrogens with one attached hydrogen (secondary N) is 1. The van der Waals surface area contributed by atoms with E-state index >= 15 is 0 Å². The van der Waals surface area contributed by atoms with E-state index in [0.717, 1.165) is 31.4 Å². The Morgan fingerprint density at radius 1 is 1.53 bits per heavy atom. The van der Waals surface area contributed by atoms with E-state index < -0.39 is 0 Å². The molecule has 0 saturated carbocycles. The summed E-state index contributed by atoms with van der Waals surface area (Å²) in [6, 6.07) is 1.97. The van der Waals surface area contributed by atoms with Gasteiger partial charge in [-0.1, -0.05) is 0 Å². The Bertz CT molecular complexity index is 324. The van der Waals surface area contributed by atoms with Gasteiger partial charge in [0.05, 0.1) is 6.42 Å². The van der Waals surface area contributed by atoms with Gasteiger partial charge in [-0.25, -0.2) is 0 Å². The molecule has 0 aliphatic carbocycles. The zero-order valence-corrected chi connectivity index (χ0v) is 9.48. The van der Waals surface area contributed by atoms with E-state index in [9.17, 15) is 4.79 Å². The molecule has 1 amide bonds. The summed E-state index contributed by atoms with van der Waals surface area (Å²) in [6.45, 7) is 0.727. The van der Waals surface area contributed by atoms with Crippen LogP contribution in [0.3, 0.4) is 0 Å².